The van der Waals surface area contributed by atoms with E-state index >= 15 is 0 Å². The molecule has 0 aliphatic carbocycles. The van der Waals surface area contributed by atoms with Crippen LogP contribution in [0.3, 0.4) is 0 Å². The number of fused-ring (bicyclic) bond motifs is 1. The maximum Gasteiger partial charge on any atom is 0.288 e. The van der Waals surface area contributed by atoms with Crippen LogP contribution in [-0.2, 0) is 4.79 Å². The van der Waals surface area contributed by atoms with Crippen LogP contribution in [0.1, 0.15) is 30.6 Å². The largest absolute Gasteiger partial charge is 0.490 e. The Morgan fingerprint density at radius 3 is 2.34 bits per heavy atom. The number of benzene rings is 2. The van der Waals surface area contributed by atoms with Gasteiger partial charge >= 0.3 is 0 Å². The number of rotatable bonds is 6. The minimum absolute atomic E-state index is 0.00756. The number of hydrogen-bond donors (Lipinski definition) is 2. The second-order valence-corrected chi connectivity index (χ2v) is 8.25. The first-order chi connectivity index (χ1) is 15.2. The molecule has 32 heavy (non-hydrogen) atoms. The highest BCUT2D eigenvalue weighted by atomic mass is 35.5. The Morgan fingerprint density at radius 1 is 1.06 bits per heavy atom. The molecule has 11 heteroatoms. The average molecular weight is 482 g/mol. The molecule has 2 aromatic rings. The van der Waals surface area contributed by atoms with Crippen LogP contribution in [0.4, 0.5) is 11.4 Å². The van der Waals surface area contributed by atoms with Crippen LogP contribution in [0.5, 0.6) is 11.5 Å². The zero-order valence-electron chi connectivity index (χ0n) is 17.3. The number of carbonyl (C=O) groups is 2. The molecular weight excluding hydrogens is 461 g/mol. The average Bonchev–Trinajstić information content (AvgIpc) is 2.96. The van der Waals surface area contributed by atoms with Gasteiger partial charge in [-0.1, -0.05) is 37.0 Å². The number of ether oxygens (including phenoxy) is 2. The van der Waals surface area contributed by atoms with Crippen LogP contribution in [0.2, 0.25) is 10.0 Å². The molecule has 0 spiro atoms. The van der Waals surface area contributed by atoms with Crippen molar-refractivity contribution in [2.45, 2.75) is 26.3 Å². The summed E-state index contributed by atoms with van der Waals surface area (Å²) in [5.74, 6) is -0.499. The number of nitro groups is 1. The lowest BCUT2D eigenvalue weighted by atomic mass is 10.0. The van der Waals surface area contributed by atoms with E-state index < -0.39 is 28.5 Å². The molecular formula is C21H21Cl2N3O6. The van der Waals surface area contributed by atoms with Gasteiger partial charge in [0.2, 0.25) is 5.91 Å². The standard InChI is InChI=1S/C21H21Cl2N3O6/c1-11(2)19(25-20(27)12-4-5-13(22)16(8-12)26(29)30)21(28)24-15-10-18-17(9-14(15)23)31-6-3-7-32-18/h4-5,8-11,19H,3,6-7H2,1-2H3,(H,24,28)(H,25,27)/t19-/m0/s1. The van der Waals surface area contributed by atoms with E-state index in [1.807, 2.05) is 0 Å². The van der Waals surface area contributed by atoms with Gasteiger partial charge in [0, 0.05) is 30.2 Å². The van der Waals surface area contributed by atoms with Crippen molar-refractivity contribution in [3.63, 3.8) is 0 Å². The number of nitro benzene ring substituents is 1. The summed E-state index contributed by atoms with van der Waals surface area (Å²) in [5, 5.41) is 16.6. The first-order valence-electron chi connectivity index (χ1n) is 9.82. The second-order valence-electron chi connectivity index (χ2n) is 7.44. The predicted molar refractivity (Wildman–Crippen MR) is 120 cm³/mol. The molecule has 1 aliphatic heterocycles. The van der Waals surface area contributed by atoms with Gasteiger partial charge in [-0.2, -0.15) is 0 Å². The van der Waals surface area contributed by atoms with Crippen molar-refractivity contribution in [2.24, 2.45) is 5.92 Å². The van der Waals surface area contributed by atoms with E-state index in [-0.39, 0.29) is 21.5 Å². The lowest BCUT2D eigenvalue weighted by Crippen LogP contribution is -2.47. The number of carbonyl (C=O) groups excluding carboxylic acids is 2. The zero-order chi connectivity index (χ0) is 23.4. The fourth-order valence-electron chi connectivity index (χ4n) is 3.04. The van der Waals surface area contributed by atoms with Gasteiger partial charge in [-0.25, -0.2) is 0 Å². The SMILES string of the molecule is CC(C)[C@H](NC(=O)c1ccc(Cl)c([N+](=O)[O-])c1)C(=O)Nc1cc2c(cc1Cl)OCCCO2. The topological polar surface area (TPSA) is 120 Å². The van der Waals surface area contributed by atoms with E-state index in [0.29, 0.717) is 30.4 Å². The summed E-state index contributed by atoms with van der Waals surface area (Å²) < 4.78 is 11.2. The molecule has 0 saturated heterocycles. The summed E-state index contributed by atoms with van der Waals surface area (Å²) in [6, 6.07) is 5.87. The second kappa shape index (κ2) is 10.1. The van der Waals surface area contributed by atoms with Gasteiger partial charge in [-0.3, -0.25) is 19.7 Å². The molecule has 0 fully saturated rings. The normalized spacial score (nSPS) is 13.8. The van der Waals surface area contributed by atoms with Gasteiger partial charge in [0.05, 0.1) is 28.8 Å². The number of halogens is 2. The molecule has 3 rings (SSSR count). The van der Waals surface area contributed by atoms with E-state index in [1.165, 1.54) is 12.1 Å². The molecule has 170 valence electrons. The molecule has 0 bridgehead atoms. The van der Waals surface area contributed by atoms with Crippen molar-refractivity contribution >= 4 is 46.4 Å². The number of nitrogens with zero attached hydrogens (tertiary/aromatic N) is 1. The maximum atomic E-state index is 13.0. The number of nitrogens with one attached hydrogen (secondary N) is 2. The minimum atomic E-state index is -0.940. The van der Waals surface area contributed by atoms with Crippen molar-refractivity contribution in [1.29, 1.82) is 0 Å². The summed E-state index contributed by atoms with van der Waals surface area (Å²) in [6.07, 6.45) is 0.721. The third-order valence-electron chi connectivity index (χ3n) is 4.74. The van der Waals surface area contributed by atoms with E-state index in [1.54, 1.807) is 26.0 Å². The number of hydrogen-bond acceptors (Lipinski definition) is 6. The Balaban J connectivity index is 1.78. The van der Waals surface area contributed by atoms with Gasteiger partial charge in [0.15, 0.2) is 11.5 Å². The molecule has 0 unspecified atom stereocenters. The summed E-state index contributed by atoms with van der Waals surface area (Å²) >= 11 is 12.1. The van der Waals surface area contributed by atoms with Crippen LogP contribution < -0.4 is 20.1 Å². The van der Waals surface area contributed by atoms with Crippen molar-refractivity contribution in [2.75, 3.05) is 18.5 Å². The third kappa shape index (κ3) is 5.41. The van der Waals surface area contributed by atoms with E-state index in [0.717, 1.165) is 12.5 Å². The lowest BCUT2D eigenvalue weighted by Gasteiger charge is -2.22. The number of amides is 2. The van der Waals surface area contributed by atoms with Crippen LogP contribution in [0.25, 0.3) is 0 Å². The summed E-state index contributed by atoms with van der Waals surface area (Å²) in [5.41, 5.74) is -0.0834. The van der Waals surface area contributed by atoms with Gasteiger partial charge in [0.1, 0.15) is 11.1 Å². The smallest absolute Gasteiger partial charge is 0.288 e. The van der Waals surface area contributed by atoms with Crippen molar-refractivity contribution in [3.05, 3.63) is 56.1 Å². The molecule has 2 aromatic carbocycles. The monoisotopic (exact) mass is 481 g/mol. The summed E-state index contributed by atoms with van der Waals surface area (Å²) in [7, 11) is 0. The third-order valence-corrected chi connectivity index (χ3v) is 5.37. The minimum Gasteiger partial charge on any atom is -0.490 e. The highest BCUT2D eigenvalue weighted by Gasteiger charge is 2.27. The van der Waals surface area contributed by atoms with Gasteiger partial charge in [-0.05, 0) is 18.1 Å². The Hall–Kier alpha value is -3.04. The zero-order valence-corrected chi connectivity index (χ0v) is 18.8. The predicted octanol–water partition coefficient (Wildman–Crippen LogP) is 4.46. The maximum absolute atomic E-state index is 13.0. The summed E-state index contributed by atoms with van der Waals surface area (Å²) in [6.45, 7) is 4.48. The first kappa shape index (κ1) is 23.6. The fourth-order valence-corrected chi connectivity index (χ4v) is 3.43. The van der Waals surface area contributed by atoms with Crippen LogP contribution >= 0.6 is 23.2 Å². The highest BCUT2D eigenvalue weighted by Crippen LogP contribution is 2.37. The van der Waals surface area contributed by atoms with E-state index in [4.69, 9.17) is 32.7 Å². The van der Waals surface area contributed by atoms with Crippen LogP contribution in [0, 0.1) is 16.0 Å². The Bertz CT molecular complexity index is 1060. The summed E-state index contributed by atoms with van der Waals surface area (Å²) in [4.78, 5) is 36.0. The van der Waals surface area contributed by atoms with Crippen molar-refractivity contribution < 1.29 is 24.0 Å². The molecule has 0 radical (unpaired) electrons. The Kier molecular flexibility index (Phi) is 7.42. The molecule has 0 saturated carbocycles. The fraction of sp³-hybridized carbons (Fsp3) is 0.333. The molecule has 2 amide bonds. The molecule has 1 aliphatic rings. The van der Waals surface area contributed by atoms with E-state index in [2.05, 4.69) is 10.6 Å². The quantitative estimate of drug-likeness (QED) is 0.464. The molecule has 0 aromatic heterocycles. The van der Waals surface area contributed by atoms with Crippen molar-refractivity contribution in [1.82, 2.24) is 5.32 Å². The van der Waals surface area contributed by atoms with Gasteiger partial charge in [0.25, 0.3) is 11.6 Å². The molecule has 1 atom stereocenters. The first-order valence-corrected chi connectivity index (χ1v) is 10.6. The highest BCUT2D eigenvalue weighted by molar-refractivity contribution is 6.34. The molecule has 2 N–H and O–H groups in total. The Labute approximate surface area is 194 Å². The molecule has 1 heterocycles. The van der Waals surface area contributed by atoms with Crippen LogP contribution in [-0.4, -0.2) is 36.0 Å². The number of anilines is 1. The van der Waals surface area contributed by atoms with Gasteiger partial charge in [-0.15, -0.1) is 0 Å². The van der Waals surface area contributed by atoms with Crippen LogP contribution in [0.15, 0.2) is 30.3 Å². The van der Waals surface area contributed by atoms with E-state index in [9.17, 15) is 19.7 Å². The van der Waals surface area contributed by atoms with Crippen molar-refractivity contribution in [3.8, 4) is 11.5 Å². The molecule has 9 nitrogen and oxygen atoms in total. The van der Waals surface area contributed by atoms with Gasteiger partial charge < -0.3 is 20.1 Å². The lowest BCUT2D eigenvalue weighted by molar-refractivity contribution is -0.384. The Morgan fingerprint density at radius 2 is 1.72 bits per heavy atom.